The van der Waals surface area contributed by atoms with Gasteiger partial charge in [0.15, 0.2) is 0 Å². The van der Waals surface area contributed by atoms with E-state index in [4.69, 9.17) is 9.73 Å². The van der Waals surface area contributed by atoms with E-state index in [-0.39, 0.29) is 11.8 Å². The summed E-state index contributed by atoms with van der Waals surface area (Å²) in [4.78, 5) is 17.8. The van der Waals surface area contributed by atoms with Gasteiger partial charge in [0.05, 0.1) is 5.92 Å². The van der Waals surface area contributed by atoms with Gasteiger partial charge in [-0.2, -0.15) is 0 Å². The number of carbonyl (C=O) groups is 1. The summed E-state index contributed by atoms with van der Waals surface area (Å²) in [5.41, 5.74) is 6.72. The fourth-order valence-electron chi connectivity index (χ4n) is 4.62. The maximum atomic E-state index is 13.0. The van der Waals surface area contributed by atoms with Crippen LogP contribution in [0.5, 0.6) is 0 Å². The summed E-state index contributed by atoms with van der Waals surface area (Å²) < 4.78 is 5.43. The molecule has 0 saturated carbocycles. The van der Waals surface area contributed by atoms with Crippen molar-refractivity contribution in [3.63, 3.8) is 0 Å². The molecule has 1 atom stereocenters. The lowest BCUT2D eigenvalue weighted by Crippen LogP contribution is -2.32. The predicted molar refractivity (Wildman–Crippen MR) is 131 cm³/mol. The van der Waals surface area contributed by atoms with Gasteiger partial charge in [0, 0.05) is 37.2 Å². The number of aryl methyl sites for hydroxylation is 1. The van der Waals surface area contributed by atoms with Crippen molar-refractivity contribution in [2.24, 2.45) is 10.9 Å². The number of nitrogens with one attached hydrogen (secondary N) is 1. The Morgan fingerprint density at radius 2 is 1.94 bits per heavy atom. The highest BCUT2D eigenvalue weighted by atomic mass is 16.5. The fourth-order valence-corrected chi connectivity index (χ4v) is 4.62. The first-order valence-corrected chi connectivity index (χ1v) is 11.9. The van der Waals surface area contributed by atoms with E-state index in [0.29, 0.717) is 18.0 Å². The predicted octanol–water partition coefficient (Wildman–Crippen LogP) is 5.73. The highest BCUT2D eigenvalue weighted by Crippen LogP contribution is 2.36. The quantitative estimate of drug-likeness (QED) is 0.636. The summed E-state index contributed by atoms with van der Waals surface area (Å²) in [6, 6.07) is 14.6. The van der Waals surface area contributed by atoms with Crippen LogP contribution < -0.4 is 5.32 Å². The number of carbonyl (C=O) groups excluding carboxylic acids is 1. The maximum Gasteiger partial charge on any atom is 0.251 e. The molecule has 1 N–H and O–H groups in total. The molecule has 1 amide bonds. The van der Waals surface area contributed by atoms with Crippen LogP contribution >= 0.6 is 0 Å². The minimum absolute atomic E-state index is 0.00333. The number of nitrogens with zero attached hydrogens (tertiary/aromatic N) is 1. The van der Waals surface area contributed by atoms with E-state index in [2.05, 4.69) is 49.5 Å². The van der Waals surface area contributed by atoms with E-state index >= 15 is 0 Å². The van der Waals surface area contributed by atoms with Crippen LogP contribution in [0.3, 0.4) is 0 Å². The van der Waals surface area contributed by atoms with Crippen molar-refractivity contribution in [2.45, 2.75) is 51.9 Å². The summed E-state index contributed by atoms with van der Waals surface area (Å²) in [6.07, 6.45) is 9.51. The highest BCUT2D eigenvalue weighted by molar-refractivity contribution is 5.94. The number of ether oxygens (including phenoxy) is 1. The van der Waals surface area contributed by atoms with Crippen LogP contribution in [0.1, 0.15) is 70.6 Å². The zero-order valence-electron chi connectivity index (χ0n) is 19.3. The minimum Gasteiger partial charge on any atom is -0.381 e. The summed E-state index contributed by atoms with van der Waals surface area (Å²) in [5, 5.41) is 3.15. The largest absolute Gasteiger partial charge is 0.381 e. The molecule has 0 aliphatic carbocycles. The van der Waals surface area contributed by atoms with E-state index in [1.807, 2.05) is 24.4 Å². The average Bonchev–Trinajstić information content (AvgIpc) is 3.11. The number of hydrogen-bond donors (Lipinski definition) is 1. The van der Waals surface area contributed by atoms with Crippen LogP contribution in [0.2, 0.25) is 0 Å². The molecule has 1 fully saturated rings. The molecule has 2 aliphatic heterocycles. The van der Waals surface area contributed by atoms with Crippen molar-refractivity contribution in [3.05, 3.63) is 82.1 Å². The third-order valence-electron chi connectivity index (χ3n) is 6.76. The van der Waals surface area contributed by atoms with Crippen LogP contribution in [-0.2, 0) is 4.74 Å². The van der Waals surface area contributed by atoms with Crippen LogP contribution in [-0.4, -0.2) is 31.9 Å². The number of benzene rings is 2. The van der Waals surface area contributed by atoms with E-state index in [1.54, 1.807) is 0 Å². The molecule has 32 heavy (non-hydrogen) atoms. The number of allylic oxidation sites excluding steroid dienone is 2. The zero-order chi connectivity index (χ0) is 22.3. The average molecular weight is 431 g/mol. The van der Waals surface area contributed by atoms with Gasteiger partial charge in [0.1, 0.15) is 0 Å². The van der Waals surface area contributed by atoms with Crippen molar-refractivity contribution in [1.29, 1.82) is 0 Å². The van der Waals surface area contributed by atoms with Gasteiger partial charge in [-0.05, 0) is 86.3 Å². The van der Waals surface area contributed by atoms with Gasteiger partial charge in [-0.25, -0.2) is 0 Å². The van der Waals surface area contributed by atoms with Crippen LogP contribution in [0, 0.1) is 19.8 Å². The normalized spacial score (nSPS) is 18.0. The standard InChI is InChI=1S/C28H34N2O2/c1-20-8-6-11-25(21(20)2)27(26-12-4-3-5-15-29-26)23-9-7-10-24(18-23)28(31)30-19-22-13-16-32-17-14-22/h6-12,15,18,22,27H,3-5,13-14,16-17,19H2,1-2H3,(H,30,31)/t27-/m1/s1. The second-order valence-electron chi connectivity index (χ2n) is 8.98. The molecule has 0 bridgehead atoms. The molecule has 0 unspecified atom stereocenters. The topological polar surface area (TPSA) is 50.7 Å². The number of hydrogen-bond acceptors (Lipinski definition) is 3. The molecule has 4 heteroatoms. The Balaban J connectivity index is 1.63. The first-order chi connectivity index (χ1) is 15.6. The first-order valence-electron chi connectivity index (χ1n) is 11.9. The Kier molecular flexibility index (Phi) is 7.54. The monoisotopic (exact) mass is 430 g/mol. The second kappa shape index (κ2) is 10.7. The van der Waals surface area contributed by atoms with E-state index in [0.717, 1.165) is 56.6 Å². The van der Waals surface area contributed by atoms with E-state index in [1.165, 1.54) is 16.7 Å². The smallest absolute Gasteiger partial charge is 0.251 e. The van der Waals surface area contributed by atoms with Crippen LogP contribution in [0.15, 0.2) is 59.2 Å². The van der Waals surface area contributed by atoms with Gasteiger partial charge in [0.25, 0.3) is 5.91 Å². The van der Waals surface area contributed by atoms with Gasteiger partial charge in [-0.3, -0.25) is 9.79 Å². The van der Waals surface area contributed by atoms with Gasteiger partial charge < -0.3 is 10.1 Å². The molecule has 2 aliphatic rings. The lowest BCUT2D eigenvalue weighted by Gasteiger charge is -2.23. The van der Waals surface area contributed by atoms with Crippen molar-refractivity contribution in [3.8, 4) is 0 Å². The van der Waals surface area contributed by atoms with E-state index < -0.39 is 0 Å². The van der Waals surface area contributed by atoms with Crippen molar-refractivity contribution >= 4 is 12.1 Å². The SMILES string of the molecule is Cc1cccc([C@H](C2=CCCCC=N2)c2cccc(C(=O)NCC3CCOCC3)c2)c1C. The van der Waals surface area contributed by atoms with Crippen LogP contribution in [0.4, 0.5) is 0 Å². The molecular formula is C28H34N2O2. The molecular weight excluding hydrogens is 396 g/mol. The Hall–Kier alpha value is -2.72. The third kappa shape index (κ3) is 5.36. The fraction of sp³-hybridized carbons (Fsp3) is 0.429. The van der Waals surface area contributed by atoms with Gasteiger partial charge >= 0.3 is 0 Å². The Labute approximate surface area is 191 Å². The number of amides is 1. The molecule has 4 nitrogen and oxygen atoms in total. The van der Waals surface area contributed by atoms with Gasteiger partial charge in [-0.1, -0.05) is 36.4 Å². The molecule has 0 radical (unpaired) electrons. The maximum absolute atomic E-state index is 13.0. The summed E-state index contributed by atoms with van der Waals surface area (Å²) >= 11 is 0. The van der Waals surface area contributed by atoms with Gasteiger partial charge in [0.2, 0.25) is 0 Å². The van der Waals surface area contributed by atoms with E-state index in [9.17, 15) is 4.79 Å². The number of aliphatic imine (C=N–C) groups is 1. The lowest BCUT2D eigenvalue weighted by atomic mass is 9.83. The molecule has 4 rings (SSSR count). The molecule has 0 aromatic heterocycles. The molecule has 2 heterocycles. The van der Waals surface area contributed by atoms with Crippen molar-refractivity contribution < 1.29 is 9.53 Å². The Bertz CT molecular complexity index is 1000. The van der Waals surface area contributed by atoms with Crippen molar-refractivity contribution in [1.82, 2.24) is 5.32 Å². The molecule has 1 saturated heterocycles. The first kappa shape index (κ1) is 22.5. The second-order valence-corrected chi connectivity index (χ2v) is 8.98. The molecule has 2 aromatic carbocycles. The highest BCUT2D eigenvalue weighted by Gasteiger charge is 2.23. The molecule has 168 valence electrons. The zero-order valence-corrected chi connectivity index (χ0v) is 19.3. The summed E-state index contributed by atoms with van der Waals surface area (Å²) in [7, 11) is 0. The van der Waals surface area contributed by atoms with Crippen molar-refractivity contribution in [2.75, 3.05) is 19.8 Å². The Morgan fingerprint density at radius 3 is 2.78 bits per heavy atom. The summed E-state index contributed by atoms with van der Waals surface area (Å²) in [6.45, 7) is 6.64. The number of rotatable bonds is 6. The lowest BCUT2D eigenvalue weighted by molar-refractivity contribution is 0.0642. The minimum atomic E-state index is -0.00333. The van der Waals surface area contributed by atoms with Crippen LogP contribution in [0.25, 0.3) is 0 Å². The Morgan fingerprint density at radius 1 is 1.12 bits per heavy atom. The molecule has 0 spiro atoms. The third-order valence-corrected chi connectivity index (χ3v) is 6.76. The summed E-state index contributed by atoms with van der Waals surface area (Å²) in [5.74, 6) is 0.521. The van der Waals surface area contributed by atoms with Gasteiger partial charge in [-0.15, -0.1) is 0 Å². The molecule has 2 aromatic rings.